The molecule has 10 aromatic rings. The molecular weight excluding hydrogens is 923 g/mol. The van der Waals surface area contributed by atoms with Crippen LogP contribution in [0.1, 0.15) is 78.5 Å². The zero-order valence-electron chi connectivity index (χ0n) is 46.0. The number of rotatable bonds is 11. The van der Waals surface area contributed by atoms with Gasteiger partial charge in [0.15, 0.2) is 0 Å². The van der Waals surface area contributed by atoms with E-state index in [1.54, 1.807) is 0 Å². The molecule has 5 heteroatoms. The molecule has 0 fully saturated rings. The fourth-order valence-corrected chi connectivity index (χ4v) is 13.5. The van der Waals surface area contributed by atoms with Crippen LogP contribution in [-0.4, -0.2) is 42.5 Å². The fourth-order valence-electron chi connectivity index (χ4n) is 10.7. The summed E-state index contributed by atoms with van der Waals surface area (Å²) in [6.07, 6.45) is 18.3. The first-order valence-corrected chi connectivity index (χ1v) is 31.5. The minimum atomic E-state index is -1.06. The lowest BCUT2D eigenvalue weighted by Crippen LogP contribution is -2.14. The quantitative estimate of drug-likeness (QED) is 0.131. The zero-order valence-corrected chi connectivity index (χ0v) is 47.6. The molecule has 73 heavy (non-hydrogen) atoms. The molecule has 10 rings (SSSR count). The Bertz CT molecular complexity index is 3600. The summed E-state index contributed by atoms with van der Waals surface area (Å²) >= 11 is 0. The number of anilines is 5. The van der Waals surface area contributed by atoms with Gasteiger partial charge in [0.1, 0.15) is 0 Å². The van der Waals surface area contributed by atoms with Gasteiger partial charge in [-0.25, -0.2) is 20.1 Å². The van der Waals surface area contributed by atoms with E-state index in [1.165, 1.54) is 115 Å². The fraction of sp³-hybridized carbons (Fsp3) is 0.250. The van der Waals surface area contributed by atoms with Gasteiger partial charge < -0.3 is 10.2 Å². The van der Waals surface area contributed by atoms with Crippen LogP contribution in [0, 0.1) is 34.6 Å². The van der Waals surface area contributed by atoms with E-state index in [0.717, 1.165) is 16.9 Å². The van der Waals surface area contributed by atoms with Gasteiger partial charge in [0.05, 0.1) is 5.69 Å². The third-order valence-electron chi connectivity index (χ3n) is 14.4. The Morgan fingerprint density at radius 1 is 0.438 bits per heavy atom. The lowest BCUT2D eigenvalue weighted by Gasteiger charge is -2.34. The molecule has 0 aliphatic carbocycles. The minimum Gasteiger partial charge on any atom is -0.355 e. The second kappa shape index (κ2) is 20.4. The first kappa shape index (κ1) is 51.4. The Morgan fingerprint density at radius 3 is 1.53 bits per heavy atom. The predicted molar refractivity (Wildman–Crippen MR) is 329 cm³/mol. The summed E-state index contributed by atoms with van der Waals surface area (Å²) in [6.45, 7) is 20.4. The molecular formula is C68H75N3S2. The van der Waals surface area contributed by atoms with Crippen molar-refractivity contribution in [2.45, 2.75) is 83.9 Å². The molecule has 0 radical (unpaired) electrons. The van der Waals surface area contributed by atoms with Gasteiger partial charge in [-0.2, -0.15) is 0 Å². The molecule has 0 spiro atoms. The largest absolute Gasteiger partial charge is 0.355 e. The van der Waals surface area contributed by atoms with Crippen LogP contribution in [0.4, 0.5) is 28.4 Å². The number of benzene rings is 9. The molecule has 0 saturated carbocycles. The van der Waals surface area contributed by atoms with Gasteiger partial charge in [-0.1, -0.05) is 136 Å². The molecule has 374 valence electrons. The summed E-state index contributed by atoms with van der Waals surface area (Å²) in [5, 5.41) is 11.9. The molecule has 0 aliphatic heterocycles. The number of aromatic nitrogens is 1. The van der Waals surface area contributed by atoms with Gasteiger partial charge in [-0.15, -0.1) is 0 Å². The van der Waals surface area contributed by atoms with Crippen molar-refractivity contribution < 1.29 is 0 Å². The molecule has 1 aromatic heterocycles. The van der Waals surface area contributed by atoms with Crippen LogP contribution in [0.5, 0.6) is 0 Å². The Kier molecular flexibility index (Phi) is 14.4. The second-order valence-corrected chi connectivity index (χ2v) is 30.6. The maximum Gasteiger partial charge on any atom is 0.0543 e. The second-order valence-electron chi connectivity index (χ2n) is 22.4. The van der Waals surface area contributed by atoms with Crippen molar-refractivity contribution in [2.24, 2.45) is 0 Å². The van der Waals surface area contributed by atoms with E-state index in [4.69, 9.17) is 0 Å². The summed E-state index contributed by atoms with van der Waals surface area (Å²) in [7, 11) is -2.10. The summed E-state index contributed by atoms with van der Waals surface area (Å²) in [4.78, 5) is 9.95. The van der Waals surface area contributed by atoms with Crippen LogP contribution in [0.15, 0.2) is 174 Å². The number of hydrogen-bond acceptors (Lipinski definition) is 3. The van der Waals surface area contributed by atoms with Gasteiger partial charge in [0.2, 0.25) is 0 Å². The number of hydrogen-bond donors (Lipinski definition) is 1. The Balaban J connectivity index is 0.000000749. The van der Waals surface area contributed by atoms with Gasteiger partial charge in [0.25, 0.3) is 0 Å². The molecule has 1 heterocycles. The molecule has 0 unspecified atom stereocenters. The first-order valence-electron chi connectivity index (χ1n) is 25.8. The smallest absolute Gasteiger partial charge is 0.0543 e. The van der Waals surface area contributed by atoms with Crippen molar-refractivity contribution in [3.05, 3.63) is 203 Å². The number of pyridine rings is 1. The van der Waals surface area contributed by atoms with Crippen molar-refractivity contribution >= 4 is 80.8 Å². The normalized spacial score (nSPS) is 12.5. The summed E-state index contributed by atoms with van der Waals surface area (Å²) < 4.78 is 0. The summed E-state index contributed by atoms with van der Waals surface area (Å²) in [5.74, 6) is 0.610. The van der Waals surface area contributed by atoms with Crippen LogP contribution in [-0.2, 0) is 0 Å². The highest BCUT2D eigenvalue weighted by molar-refractivity contribution is 8.32. The van der Waals surface area contributed by atoms with Crippen molar-refractivity contribution in [1.29, 1.82) is 0 Å². The zero-order chi connectivity index (χ0) is 52.1. The van der Waals surface area contributed by atoms with Gasteiger partial charge in [-0.05, 0) is 214 Å². The number of nitrogens with zero attached hydrogens (tertiary/aromatic N) is 2. The minimum absolute atomic E-state index is 0.296. The average molecular weight is 999 g/mol. The standard InChI is InChI=1S/C60H65N3S2.C8H10/c1-37(2)49-32-54(62-53-33-51(43-22-18-28-61-36-43)57(30-40(53)6)64(8,9)10)47-26-24-46-50(38(3)4)34-56(48-27-25-45(49)59(47)60(46)48)63(44-23-17-19-39(5)29-44)55-35-52(42-20-15-14-16-21-42)58(31-41(55)7)65(11,12)13;1-7-4-3-5-8(2)6-7/h14-38,62H,1-13H3;3-6H,1-2H3. The highest BCUT2D eigenvalue weighted by Crippen LogP contribution is 2.55. The topological polar surface area (TPSA) is 28.2 Å². The SMILES string of the molecule is Cc1cccc(C)c1.Cc1cccc(N(c2cc(-c3ccccc3)c(S(C)(C)C)cc2C)c2cc(C(C)C)c3ccc4c(Nc5cc(-c6cccnc6)c(S(C)(C)C)cc5C)cc(C(C)C)c5ccc2c3c45)c1. The van der Waals surface area contributed by atoms with E-state index >= 15 is 0 Å². The van der Waals surface area contributed by atoms with E-state index in [9.17, 15) is 0 Å². The lowest BCUT2D eigenvalue weighted by atomic mass is 9.84. The van der Waals surface area contributed by atoms with Crippen molar-refractivity contribution in [2.75, 3.05) is 47.8 Å². The van der Waals surface area contributed by atoms with E-state index in [-0.39, 0.29) is 0 Å². The highest BCUT2D eigenvalue weighted by Gasteiger charge is 2.27. The summed E-state index contributed by atoms with van der Waals surface area (Å²) in [6, 6.07) is 57.1. The van der Waals surface area contributed by atoms with Crippen molar-refractivity contribution in [1.82, 2.24) is 4.98 Å². The predicted octanol–water partition coefficient (Wildman–Crippen LogP) is 20.1. The van der Waals surface area contributed by atoms with Crippen LogP contribution in [0.25, 0.3) is 54.6 Å². The maximum absolute atomic E-state index is 4.54. The van der Waals surface area contributed by atoms with Crippen LogP contribution in [0.3, 0.4) is 0 Å². The first-order chi connectivity index (χ1) is 34.7. The van der Waals surface area contributed by atoms with Crippen LogP contribution in [0.2, 0.25) is 0 Å². The average Bonchev–Trinajstić information content (AvgIpc) is 3.34. The molecule has 0 aliphatic rings. The Morgan fingerprint density at radius 2 is 0.973 bits per heavy atom. The van der Waals surface area contributed by atoms with Gasteiger partial charge in [-0.3, -0.25) is 4.98 Å². The number of nitrogens with one attached hydrogen (secondary N) is 1. The van der Waals surface area contributed by atoms with E-state index < -0.39 is 20.1 Å². The molecule has 0 saturated heterocycles. The van der Waals surface area contributed by atoms with Gasteiger partial charge in [0, 0.05) is 51.5 Å². The molecule has 0 atom stereocenters. The third-order valence-corrected chi connectivity index (χ3v) is 17.7. The monoisotopic (exact) mass is 998 g/mol. The molecule has 3 nitrogen and oxygen atoms in total. The van der Waals surface area contributed by atoms with Crippen molar-refractivity contribution in [3.63, 3.8) is 0 Å². The molecule has 9 aromatic carbocycles. The number of aryl methyl sites for hydroxylation is 5. The molecule has 1 N–H and O–H groups in total. The summed E-state index contributed by atoms with van der Waals surface area (Å²) in [5.41, 5.74) is 20.0. The van der Waals surface area contributed by atoms with E-state index in [1.807, 2.05) is 18.5 Å². The van der Waals surface area contributed by atoms with Crippen molar-refractivity contribution in [3.8, 4) is 22.3 Å². The van der Waals surface area contributed by atoms with Gasteiger partial charge >= 0.3 is 0 Å². The Hall–Kier alpha value is -6.53. The molecule has 0 amide bonds. The van der Waals surface area contributed by atoms with Crippen LogP contribution >= 0.6 is 20.1 Å². The van der Waals surface area contributed by atoms with Crippen LogP contribution < -0.4 is 10.2 Å². The third kappa shape index (κ3) is 10.4. The lowest BCUT2D eigenvalue weighted by molar-refractivity contribution is 0.876. The highest BCUT2D eigenvalue weighted by atomic mass is 32.3. The maximum atomic E-state index is 4.54. The van der Waals surface area contributed by atoms with E-state index in [2.05, 4.69) is 261 Å². The molecule has 0 bridgehead atoms. The Labute approximate surface area is 440 Å². The van der Waals surface area contributed by atoms with E-state index in [0.29, 0.717) is 11.8 Å².